The van der Waals surface area contributed by atoms with Gasteiger partial charge in [0.25, 0.3) is 0 Å². The van der Waals surface area contributed by atoms with E-state index in [4.69, 9.17) is 18.9 Å². The van der Waals surface area contributed by atoms with E-state index in [0.29, 0.717) is 30.1 Å². The highest BCUT2D eigenvalue weighted by Gasteiger charge is 2.40. The fourth-order valence-corrected chi connectivity index (χ4v) is 3.95. The average Bonchev–Trinajstić information content (AvgIpc) is 3.52. The van der Waals surface area contributed by atoms with Crippen molar-refractivity contribution in [3.63, 3.8) is 0 Å². The van der Waals surface area contributed by atoms with E-state index in [9.17, 15) is 9.59 Å². The second-order valence-electron chi connectivity index (χ2n) is 7.33. The van der Waals surface area contributed by atoms with Crippen molar-refractivity contribution in [2.75, 3.05) is 21.3 Å². The van der Waals surface area contributed by atoms with Crippen molar-refractivity contribution in [2.24, 2.45) is 5.92 Å². The summed E-state index contributed by atoms with van der Waals surface area (Å²) in [6, 6.07) is 9.39. The first-order valence-electron chi connectivity index (χ1n) is 9.74. The van der Waals surface area contributed by atoms with E-state index < -0.39 is 12.1 Å². The lowest BCUT2D eigenvalue weighted by Crippen LogP contribution is -2.31. The summed E-state index contributed by atoms with van der Waals surface area (Å²) in [5, 5.41) is 0. The van der Waals surface area contributed by atoms with E-state index >= 15 is 0 Å². The SMILES string of the molecule is COC(=O)C(Oc1c(-c2cccc3c2CCC3=O)ccc(OC)c1OC)C1CC1. The molecule has 6 nitrogen and oxygen atoms in total. The predicted molar refractivity (Wildman–Crippen MR) is 107 cm³/mol. The van der Waals surface area contributed by atoms with Gasteiger partial charge in [-0.1, -0.05) is 18.2 Å². The molecule has 0 spiro atoms. The standard InChI is InChI=1S/C23H24O6/c1-26-19-12-10-17(14-5-4-6-16-15(14)9-11-18(16)24)21(22(19)27-2)29-20(13-7-8-13)23(25)28-3/h4-6,10,12-13,20H,7-9,11H2,1-3H3. The minimum absolute atomic E-state index is 0.120. The van der Waals surface area contributed by atoms with E-state index in [1.807, 2.05) is 30.3 Å². The van der Waals surface area contributed by atoms with Gasteiger partial charge in [0, 0.05) is 23.5 Å². The average molecular weight is 396 g/mol. The van der Waals surface area contributed by atoms with Gasteiger partial charge in [0.05, 0.1) is 21.3 Å². The summed E-state index contributed by atoms with van der Waals surface area (Å²) in [5.41, 5.74) is 3.41. The molecule has 2 aliphatic carbocycles. The van der Waals surface area contributed by atoms with Crippen LogP contribution >= 0.6 is 0 Å². The van der Waals surface area contributed by atoms with Crippen LogP contribution in [0.2, 0.25) is 0 Å². The van der Waals surface area contributed by atoms with Crippen LogP contribution in [0.25, 0.3) is 11.1 Å². The van der Waals surface area contributed by atoms with Crippen LogP contribution in [-0.4, -0.2) is 39.2 Å². The topological polar surface area (TPSA) is 71.1 Å². The zero-order valence-electron chi connectivity index (χ0n) is 16.8. The first-order chi connectivity index (χ1) is 14.1. The molecule has 0 aliphatic heterocycles. The van der Waals surface area contributed by atoms with E-state index in [1.54, 1.807) is 7.11 Å². The molecule has 4 rings (SSSR count). The van der Waals surface area contributed by atoms with Gasteiger partial charge in [-0.3, -0.25) is 4.79 Å². The molecule has 29 heavy (non-hydrogen) atoms. The van der Waals surface area contributed by atoms with Crippen molar-refractivity contribution in [2.45, 2.75) is 31.8 Å². The molecule has 0 aromatic heterocycles. The summed E-state index contributed by atoms with van der Waals surface area (Å²) in [6.07, 6.45) is 2.30. The Morgan fingerprint density at radius 3 is 2.34 bits per heavy atom. The second-order valence-corrected chi connectivity index (χ2v) is 7.33. The van der Waals surface area contributed by atoms with Crippen molar-refractivity contribution in [3.05, 3.63) is 41.5 Å². The minimum atomic E-state index is -0.710. The van der Waals surface area contributed by atoms with Crippen molar-refractivity contribution < 1.29 is 28.5 Å². The second kappa shape index (κ2) is 7.78. The van der Waals surface area contributed by atoms with Gasteiger partial charge in [0.1, 0.15) is 0 Å². The van der Waals surface area contributed by atoms with E-state index in [0.717, 1.165) is 35.1 Å². The molecule has 2 aromatic carbocycles. The predicted octanol–water partition coefficient (Wildman–Crippen LogP) is 3.83. The third-order valence-electron chi connectivity index (χ3n) is 5.60. The van der Waals surface area contributed by atoms with Gasteiger partial charge in [0.15, 0.2) is 23.4 Å². The normalized spacial score (nSPS) is 16.2. The zero-order chi connectivity index (χ0) is 20.5. The molecule has 0 saturated heterocycles. The molecule has 0 radical (unpaired) electrons. The van der Waals surface area contributed by atoms with Crippen LogP contribution in [0.15, 0.2) is 30.3 Å². The van der Waals surface area contributed by atoms with Gasteiger partial charge < -0.3 is 18.9 Å². The maximum Gasteiger partial charge on any atom is 0.347 e. The van der Waals surface area contributed by atoms with Crippen LogP contribution in [0.1, 0.15) is 35.2 Å². The monoisotopic (exact) mass is 396 g/mol. The number of rotatable bonds is 7. The molecule has 0 amide bonds. The Kier molecular flexibility index (Phi) is 5.18. The molecule has 0 bridgehead atoms. The van der Waals surface area contributed by atoms with Crippen LogP contribution < -0.4 is 14.2 Å². The number of carbonyl (C=O) groups excluding carboxylic acids is 2. The summed E-state index contributed by atoms with van der Waals surface area (Å²) < 4.78 is 22.3. The molecular formula is C23H24O6. The van der Waals surface area contributed by atoms with Crippen molar-refractivity contribution in [1.29, 1.82) is 0 Å². The van der Waals surface area contributed by atoms with Crippen molar-refractivity contribution >= 4 is 11.8 Å². The fraction of sp³-hybridized carbons (Fsp3) is 0.391. The van der Waals surface area contributed by atoms with Gasteiger partial charge in [0.2, 0.25) is 5.75 Å². The highest BCUT2D eigenvalue weighted by molar-refractivity contribution is 6.02. The van der Waals surface area contributed by atoms with Crippen molar-refractivity contribution in [1.82, 2.24) is 0 Å². The van der Waals surface area contributed by atoms with Gasteiger partial charge in [-0.15, -0.1) is 0 Å². The van der Waals surface area contributed by atoms with Crippen molar-refractivity contribution in [3.8, 4) is 28.4 Å². The highest BCUT2D eigenvalue weighted by Crippen LogP contribution is 2.48. The number of carbonyl (C=O) groups is 2. The molecule has 1 fully saturated rings. The molecule has 152 valence electrons. The number of methoxy groups -OCH3 is 3. The van der Waals surface area contributed by atoms with Crippen LogP contribution in [0.3, 0.4) is 0 Å². The van der Waals surface area contributed by atoms with E-state index in [-0.39, 0.29) is 11.7 Å². The summed E-state index contributed by atoms with van der Waals surface area (Å²) in [6.45, 7) is 0. The Morgan fingerprint density at radius 1 is 0.931 bits per heavy atom. The number of hydrogen-bond acceptors (Lipinski definition) is 6. The van der Waals surface area contributed by atoms with Crippen LogP contribution in [0.4, 0.5) is 0 Å². The van der Waals surface area contributed by atoms with Gasteiger partial charge >= 0.3 is 5.97 Å². The Morgan fingerprint density at radius 2 is 1.69 bits per heavy atom. The summed E-state index contributed by atoms with van der Waals surface area (Å²) in [7, 11) is 4.46. The number of fused-ring (bicyclic) bond motifs is 1. The lowest BCUT2D eigenvalue weighted by atomic mass is 9.95. The largest absolute Gasteiger partial charge is 0.493 e. The lowest BCUT2D eigenvalue weighted by Gasteiger charge is -2.23. The molecule has 1 atom stereocenters. The van der Waals surface area contributed by atoms with Crippen LogP contribution in [0.5, 0.6) is 17.2 Å². The summed E-state index contributed by atoms with van der Waals surface area (Å²) in [4.78, 5) is 24.6. The van der Waals surface area contributed by atoms with Gasteiger partial charge in [-0.2, -0.15) is 0 Å². The number of esters is 1. The molecule has 1 unspecified atom stereocenters. The highest BCUT2D eigenvalue weighted by atomic mass is 16.6. The Balaban J connectivity index is 1.87. The smallest absolute Gasteiger partial charge is 0.347 e. The number of hydrogen-bond donors (Lipinski definition) is 0. The molecule has 0 heterocycles. The lowest BCUT2D eigenvalue weighted by molar-refractivity contribution is -0.149. The quantitative estimate of drug-likeness (QED) is 0.663. The molecule has 0 N–H and O–H groups in total. The summed E-state index contributed by atoms with van der Waals surface area (Å²) >= 11 is 0. The van der Waals surface area contributed by atoms with Crippen LogP contribution in [0, 0.1) is 5.92 Å². The molecule has 1 saturated carbocycles. The first kappa shape index (κ1) is 19.3. The fourth-order valence-electron chi connectivity index (χ4n) is 3.95. The minimum Gasteiger partial charge on any atom is -0.493 e. The number of Topliss-reactive ketones (excluding diaryl/α,β-unsaturated/α-hetero) is 1. The van der Waals surface area contributed by atoms with Gasteiger partial charge in [-0.25, -0.2) is 4.79 Å². The van der Waals surface area contributed by atoms with Gasteiger partial charge in [-0.05, 0) is 42.5 Å². The Bertz CT molecular complexity index is 960. The first-order valence-corrected chi connectivity index (χ1v) is 9.74. The number of ketones is 1. The maximum absolute atomic E-state index is 12.4. The number of ether oxygens (including phenoxy) is 4. The molecule has 6 heteroatoms. The zero-order valence-corrected chi connectivity index (χ0v) is 16.8. The Hall–Kier alpha value is -3.02. The summed E-state index contributed by atoms with van der Waals surface area (Å²) in [5.74, 6) is 1.22. The van der Waals surface area contributed by atoms with E-state index in [1.165, 1.54) is 14.2 Å². The van der Waals surface area contributed by atoms with Crippen LogP contribution in [-0.2, 0) is 16.0 Å². The van der Waals surface area contributed by atoms with E-state index in [2.05, 4.69) is 0 Å². The number of benzene rings is 2. The third-order valence-corrected chi connectivity index (χ3v) is 5.60. The molecular weight excluding hydrogens is 372 g/mol. The maximum atomic E-state index is 12.4. The molecule has 2 aromatic rings. The Labute approximate surface area is 169 Å². The molecule has 2 aliphatic rings. The third kappa shape index (κ3) is 3.43.